The van der Waals surface area contributed by atoms with Gasteiger partial charge in [-0.15, -0.1) is 11.8 Å². The van der Waals surface area contributed by atoms with Crippen LogP contribution in [-0.4, -0.2) is 26.2 Å². The zero-order chi connectivity index (χ0) is 19.5. The van der Waals surface area contributed by atoms with Crippen LogP contribution in [0.5, 0.6) is 0 Å². The number of thiol groups is 1. The zero-order valence-corrected chi connectivity index (χ0v) is 16.6. The number of halogens is 1. The van der Waals surface area contributed by atoms with E-state index in [1.165, 1.54) is 13.2 Å². The van der Waals surface area contributed by atoms with Crippen molar-refractivity contribution in [3.63, 3.8) is 0 Å². The van der Waals surface area contributed by atoms with Crippen molar-refractivity contribution in [3.8, 4) is 0 Å². The molecule has 5 nitrogen and oxygen atoms in total. The third-order valence-corrected chi connectivity index (χ3v) is 5.16. The lowest BCUT2D eigenvalue weighted by Gasteiger charge is -2.21. The average molecular weight is 397 g/mol. The lowest BCUT2D eigenvalue weighted by atomic mass is 10.1. The Labute approximate surface area is 158 Å². The van der Waals surface area contributed by atoms with Crippen LogP contribution >= 0.6 is 11.8 Å². The molecular weight excluding hydrogens is 377 g/mol. The minimum absolute atomic E-state index is 0.00546. The molecular formula is C18H20FNO4S2. The highest BCUT2D eigenvalue weighted by Gasteiger charge is 2.22. The molecule has 0 amide bonds. The summed E-state index contributed by atoms with van der Waals surface area (Å²) >= 11 is 1.64. The second-order valence-corrected chi connectivity index (χ2v) is 9.19. The standard InChI is InChI=1S/C18H20FNO4S2/c1-18(2,3)25-14-8-6-13(7-9-14)20(26(22)23)16-11-12(19)5-10-15(16)17(21)24-4/h5-11,26H,1-4H3. The molecule has 0 fully saturated rings. The number of rotatable bonds is 5. The van der Waals surface area contributed by atoms with Gasteiger partial charge in [-0.25, -0.2) is 21.9 Å². The first-order valence-electron chi connectivity index (χ1n) is 7.74. The van der Waals surface area contributed by atoms with E-state index in [0.717, 1.165) is 21.3 Å². The highest BCUT2D eigenvalue weighted by molar-refractivity contribution is 8.00. The average Bonchev–Trinajstić information content (AvgIpc) is 2.54. The van der Waals surface area contributed by atoms with Crippen LogP contribution in [0.1, 0.15) is 31.1 Å². The van der Waals surface area contributed by atoms with E-state index in [9.17, 15) is 17.6 Å². The number of carbonyl (C=O) groups excluding carboxylic acids is 1. The molecule has 0 saturated heterocycles. The molecule has 0 aromatic heterocycles. The molecule has 0 atom stereocenters. The summed E-state index contributed by atoms with van der Waals surface area (Å²) in [4.78, 5) is 12.9. The van der Waals surface area contributed by atoms with Crippen molar-refractivity contribution in [2.45, 2.75) is 30.4 Å². The highest BCUT2D eigenvalue weighted by atomic mass is 32.2. The summed E-state index contributed by atoms with van der Waals surface area (Å²) in [7, 11) is -1.98. The van der Waals surface area contributed by atoms with Crippen LogP contribution < -0.4 is 4.31 Å². The number of benzene rings is 2. The number of hydrogen-bond donors (Lipinski definition) is 1. The minimum atomic E-state index is -3.16. The quantitative estimate of drug-likeness (QED) is 0.466. The first kappa shape index (κ1) is 20.3. The number of nitrogens with zero attached hydrogens (tertiary/aromatic N) is 1. The Hall–Kier alpha value is -2.06. The van der Waals surface area contributed by atoms with Gasteiger partial charge in [0.15, 0.2) is 0 Å². The van der Waals surface area contributed by atoms with E-state index < -0.39 is 22.7 Å². The van der Waals surface area contributed by atoms with Gasteiger partial charge >= 0.3 is 5.97 Å². The monoisotopic (exact) mass is 397 g/mol. The summed E-state index contributed by atoms with van der Waals surface area (Å²) in [5, 5.41) is 0. The van der Waals surface area contributed by atoms with E-state index >= 15 is 0 Å². The third kappa shape index (κ3) is 4.98. The molecule has 0 bridgehead atoms. The summed E-state index contributed by atoms with van der Waals surface area (Å²) in [6, 6.07) is 10.1. The number of esters is 1. The van der Waals surface area contributed by atoms with Crippen molar-refractivity contribution in [1.29, 1.82) is 0 Å². The second kappa shape index (κ2) is 8.09. The van der Waals surface area contributed by atoms with Crippen molar-refractivity contribution < 1.29 is 22.3 Å². The molecule has 140 valence electrons. The number of hydrogen-bond acceptors (Lipinski definition) is 5. The van der Waals surface area contributed by atoms with Gasteiger partial charge in [0.1, 0.15) is 5.82 Å². The smallest absolute Gasteiger partial charge is 0.340 e. The topological polar surface area (TPSA) is 63.7 Å². The predicted octanol–water partition coefficient (Wildman–Crippen LogP) is 4.17. The Morgan fingerprint density at radius 1 is 1.12 bits per heavy atom. The van der Waals surface area contributed by atoms with Crippen molar-refractivity contribution in [2.75, 3.05) is 11.4 Å². The van der Waals surface area contributed by atoms with Crippen molar-refractivity contribution >= 4 is 40.0 Å². The molecule has 8 heteroatoms. The Balaban J connectivity index is 2.51. The molecule has 0 spiro atoms. The van der Waals surface area contributed by atoms with Gasteiger partial charge in [0.05, 0.1) is 24.0 Å². The normalized spacial score (nSPS) is 11.5. The first-order valence-corrected chi connectivity index (χ1v) is 9.68. The van der Waals surface area contributed by atoms with E-state index in [2.05, 4.69) is 25.5 Å². The summed E-state index contributed by atoms with van der Waals surface area (Å²) in [5.74, 6) is -1.41. The van der Waals surface area contributed by atoms with Gasteiger partial charge in [-0.3, -0.25) is 0 Å². The van der Waals surface area contributed by atoms with Gasteiger partial charge < -0.3 is 4.74 Å². The molecule has 0 unspecified atom stereocenters. The zero-order valence-electron chi connectivity index (χ0n) is 14.9. The fraction of sp³-hybridized carbons (Fsp3) is 0.278. The molecule has 26 heavy (non-hydrogen) atoms. The summed E-state index contributed by atoms with van der Waals surface area (Å²) in [6.45, 7) is 6.21. The van der Waals surface area contributed by atoms with Gasteiger partial charge in [0.2, 0.25) is 10.9 Å². The van der Waals surface area contributed by atoms with Gasteiger partial charge in [-0.2, -0.15) is 0 Å². The Kier molecular flexibility index (Phi) is 6.30. The number of carbonyl (C=O) groups is 1. The number of thioether (sulfide) groups is 1. The van der Waals surface area contributed by atoms with Crippen molar-refractivity contribution in [2.24, 2.45) is 0 Å². The SMILES string of the molecule is COC(=O)c1ccc(F)cc1N(c1ccc(SC(C)(C)C)cc1)[SH](=O)=O. The number of methoxy groups -OCH3 is 1. The third-order valence-electron chi connectivity index (χ3n) is 3.26. The maximum Gasteiger partial charge on any atom is 0.340 e. The van der Waals surface area contributed by atoms with E-state index in [4.69, 9.17) is 0 Å². The van der Waals surface area contributed by atoms with Crippen LogP contribution in [0.2, 0.25) is 0 Å². The summed E-state index contributed by atoms with van der Waals surface area (Å²) < 4.78 is 43.0. The molecule has 0 aliphatic heterocycles. The Morgan fingerprint density at radius 2 is 1.73 bits per heavy atom. The van der Waals surface area contributed by atoms with E-state index in [1.807, 2.05) is 0 Å². The molecule has 0 aliphatic carbocycles. The van der Waals surface area contributed by atoms with Crippen LogP contribution in [0.25, 0.3) is 0 Å². The molecule has 2 aromatic carbocycles. The predicted molar refractivity (Wildman–Crippen MR) is 102 cm³/mol. The van der Waals surface area contributed by atoms with Gasteiger partial charge in [0, 0.05) is 9.64 Å². The largest absolute Gasteiger partial charge is 0.465 e. The van der Waals surface area contributed by atoms with Gasteiger partial charge in [-0.05, 0) is 42.5 Å². The minimum Gasteiger partial charge on any atom is -0.465 e. The Morgan fingerprint density at radius 3 is 2.23 bits per heavy atom. The lowest BCUT2D eigenvalue weighted by molar-refractivity contribution is 0.0601. The van der Waals surface area contributed by atoms with Crippen LogP contribution in [0, 0.1) is 5.82 Å². The van der Waals surface area contributed by atoms with E-state index in [1.54, 1.807) is 36.0 Å². The van der Waals surface area contributed by atoms with Crippen molar-refractivity contribution in [3.05, 3.63) is 53.8 Å². The van der Waals surface area contributed by atoms with E-state index in [0.29, 0.717) is 5.69 Å². The molecule has 0 heterocycles. The van der Waals surface area contributed by atoms with E-state index in [-0.39, 0.29) is 16.0 Å². The summed E-state index contributed by atoms with van der Waals surface area (Å²) in [6.07, 6.45) is 0. The Bertz CT molecular complexity index is 866. The molecule has 2 rings (SSSR count). The fourth-order valence-electron chi connectivity index (χ4n) is 2.29. The molecule has 0 radical (unpaired) electrons. The van der Waals surface area contributed by atoms with Gasteiger partial charge in [-0.1, -0.05) is 20.8 Å². The number of ether oxygens (including phenoxy) is 1. The maximum absolute atomic E-state index is 13.7. The van der Waals surface area contributed by atoms with Crippen LogP contribution in [0.4, 0.5) is 15.8 Å². The molecule has 0 N–H and O–H groups in total. The maximum atomic E-state index is 13.7. The van der Waals surface area contributed by atoms with Crippen LogP contribution in [0.3, 0.4) is 0 Å². The second-order valence-electron chi connectivity index (χ2n) is 6.41. The molecule has 0 aliphatic rings. The lowest BCUT2D eigenvalue weighted by Crippen LogP contribution is -2.18. The fourth-order valence-corrected chi connectivity index (χ4v) is 3.94. The highest BCUT2D eigenvalue weighted by Crippen LogP contribution is 2.35. The number of anilines is 2. The molecule has 0 saturated carbocycles. The molecule has 2 aromatic rings. The van der Waals surface area contributed by atoms with Crippen LogP contribution in [0.15, 0.2) is 47.4 Å². The van der Waals surface area contributed by atoms with Crippen LogP contribution in [-0.2, 0) is 15.6 Å². The first-order chi connectivity index (χ1) is 12.1. The summed E-state index contributed by atoms with van der Waals surface area (Å²) in [5.41, 5.74) is 0.167. The van der Waals surface area contributed by atoms with Gasteiger partial charge in [0.25, 0.3) is 0 Å². The van der Waals surface area contributed by atoms with Crippen molar-refractivity contribution in [1.82, 2.24) is 0 Å².